The van der Waals surface area contributed by atoms with Crippen molar-refractivity contribution >= 4 is 28.2 Å². The topological polar surface area (TPSA) is 81.4 Å². The summed E-state index contributed by atoms with van der Waals surface area (Å²) < 4.78 is 4.77. The van der Waals surface area contributed by atoms with Gasteiger partial charge in [0.2, 0.25) is 5.91 Å². The van der Waals surface area contributed by atoms with E-state index in [1.165, 1.54) is 18.4 Å². The van der Waals surface area contributed by atoms with Crippen molar-refractivity contribution in [1.29, 1.82) is 0 Å². The van der Waals surface area contributed by atoms with E-state index in [9.17, 15) is 9.59 Å². The van der Waals surface area contributed by atoms with Gasteiger partial charge in [0, 0.05) is 4.88 Å². The molecule has 1 amide bonds. The highest BCUT2D eigenvalue weighted by Crippen LogP contribution is 2.33. The second-order valence-electron chi connectivity index (χ2n) is 4.88. The van der Waals surface area contributed by atoms with E-state index >= 15 is 0 Å². The summed E-state index contributed by atoms with van der Waals surface area (Å²) >= 11 is 1.36. The van der Waals surface area contributed by atoms with Crippen molar-refractivity contribution in [3.8, 4) is 0 Å². The van der Waals surface area contributed by atoms with Gasteiger partial charge in [0.15, 0.2) is 0 Å². The predicted molar refractivity (Wildman–Crippen MR) is 81.2 cm³/mol. The van der Waals surface area contributed by atoms with Crippen molar-refractivity contribution < 1.29 is 14.3 Å². The van der Waals surface area contributed by atoms with Crippen LogP contribution in [0.15, 0.2) is 0 Å². The van der Waals surface area contributed by atoms with Crippen LogP contribution in [0.2, 0.25) is 0 Å². The van der Waals surface area contributed by atoms with Crippen LogP contribution in [-0.2, 0) is 9.53 Å². The number of methoxy groups -OCH3 is 1. The molecule has 6 heteroatoms. The summed E-state index contributed by atoms with van der Waals surface area (Å²) in [7, 11) is 1.32. The van der Waals surface area contributed by atoms with Gasteiger partial charge in [-0.1, -0.05) is 20.3 Å². The smallest absolute Gasteiger partial charge is 0.341 e. The van der Waals surface area contributed by atoms with E-state index in [0.717, 1.165) is 16.9 Å². The fourth-order valence-electron chi connectivity index (χ4n) is 1.77. The van der Waals surface area contributed by atoms with E-state index in [1.54, 1.807) is 0 Å². The quantitative estimate of drug-likeness (QED) is 0.818. The fourth-order valence-corrected chi connectivity index (χ4v) is 2.82. The van der Waals surface area contributed by atoms with E-state index in [4.69, 9.17) is 10.5 Å². The van der Waals surface area contributed by atoms with Crippen LogP contribution in [0.3, 0.4) is 0 Å². The van der Waals surface area contributed by atoms with Gasteiger partial charge in [-0.3, -0.25) is 4.79 Å². The van der Waals surface area contributed by atoms with Crippen molar-refractivity contribution in [3.05, 3.63) is 16.0 Å². The Morgan fingerprint density at radius 1 is 1.40 bits per heavy atom. The van der Waals surface area contributed by atoms with Gasteiger partial charge in [0.05, 0.1) is 18.7 Å². The Morgan fingerprint density at radius 2 is 2.00 bits per heavy atom. The molecule has 0 aliphatic heterocycles. The van der Waals surface area contributed by atoms with Crippen LogP contribution in [0.5, 0.6) is 0 Å². The van der Waals surface area contributed by atoms with Crippen LogP contribution in [-0.4, -0.2) is 25.0 Å². The molecule has 0 aliphatic rings. The largest absolute Gasteiger partial charge is 0.465 e. The van der Waals surface area contributed by atoms with E-state index < -0.39 is 12.0 Å². The third-order valence-corrected chi connectivity index (χ3v) is 4.69. The number of carbonyl (C=O) groups is 2. The second-order valence-corrected chi connectivity index (χ2v) is 6.10. The van der Waals surface area contributed by atoms with Crippen LogP contribution < -0.4 is 11.1 Å². The Labute approximate surface area is 123 Å². The number of ether oxygens (including phenoxy) is 1. The number of carbonyl (C=O) groups excluding carboxylic acids is 2. The Kier molecular flexibility index (Phi) is 5.71. The lowest BCUT2D eigenvalue weighted by Gasteiger charge is -2.17. The van der Waals surface area contributed by atoms with Gasteiger partial charge < -0.3 is 15.8 Å². The van der Waals surface area contributed by atoms with Gasteiger partial charge in [-0.25, -0.2) is 4.79 Å². The van der Waals surface area contributed by atoms with E-state index in [2.05, 4.69) is 5.32 Å². The molecule has 5 nitrogen and oxygen atoms in total. The summed E-state index contributed by atoms with van der Waals surface area (Å²) in [5.74, 6) is -0.635. The third kappa shape index (κ3) is 3.37. The van der Waals surface area contributed by atoms with Crippen LogP contribution in [0.1, 0.15) is 41.1 Å². The van der Waals surface area contributed by atoms with Gasteiger partial charge in [-0.2, -0.15) is 0 Å². The number of rotatable bonds is 5. The number of amides is 1. The highest BCUT2D eigenvalue weighted by Gasteiger charge is 2.25. The van der Waals surface area contributed by atoms with Crippen molar-refractivity contribution in [2.75, 3.05) is 12.4 Å². The Balaban J connectivity index is 3.01. The molecule has 1 aromatic heterocycles. The number of thiophene rings is 1. The first-order valence-corrected chi connectivity index (χ1v) is 7.39. The molecular weight excluding hydrogens is 276 g/mol. The third-order valence-electron chi connectivity index (χ3n) is 3.57. The molecule has 0 spiro atoms. The Bertz CT molecular complexity index is 511. The van der Waals surface area contributed by atoms with E-state index in [0.29, 0.717) is 10.6 Å². The molecule has 1 aromatic rings. The van der Waals surface area contributed by atoms with Gasteiger partial charge >= 0.3 is 5.97 Å². The lowest BCUT2D eigenvalue weighted by Crippen LogP contribution is -2.40. The summed E-state index contributed by atoms with van der Waals surface area (Å²) in [4.78, 5) is 24.9. The average molecular weight is 298 g/mol. The molecule has 1 rings (SSSR count). The van der Waals surface area contributed by atoms with Crippen LogP contribution in [0.25, 0.3) is 0 Å². The Morgan fingerprint density at radius 3 is 2.50 bits per heavy atom. The number of nitrogens with two attached hydrogens (primary N) is 1. The van der Waals surface area contributed by atoms with Gasteiger partial charge in [-0.15, -0.1) is 11.3 Å². The standard InChI is InChI=1S/C14H22N2O3S/c1-6-7(2)11(15)12(17)16-13-10(14(18)19-5)8(3)9(4)20-13/h7,11H,6,15H2,1-5H3,(H,16,17). The van der Waals surface area contributed by atoms with Crippen molar-refractivity contribution in [2.24, 2.45) is 11.7 Å². The molecule has 1 heterocycles. The minimum absolute atomic E-state index is 0.0822. The normalized spacial score (nSPS) is 13.7. The molecular formula is C14H22N2O3S. The highest BCUT2D eigenvalue weighted by molar-refractivity contribution is 7.16. The van der Waals surface area contributed by atoms with Gasteiger partial charge in [0.1, 0.15) is 5.00 Å². The summed E-state index contributed by atoms with van der Waals surface area (Å²) in [6.45, 7) is 7.65. The van der Waals surface area contributed by atoms with Crippen molar-refractivity contribution in [2.45, 2.75) is 40.2 Å². The molecule has 20 heavy (non-hydrogen) atoms. The maximum atomic E-state index is 12.1. The number of hydrogen-bond donors (Lipinski definition) is 2. The molecule has 0 fully saturated rings. The molecule has 3 N–H and O–H groups in total. The molecule has 2 atom stereocenters. The van der Waals surface area contributed by atoms with Crippen molar-refractivity contribution in [3.63, 3.8) is 0 Å². The minimum atomic E-state index is -0.590. The van der Waals surface area contributed by atoms with Crippen LogP contribution in [0.4, 0.5) is 5.00 Å². The monoisotopic (exact) mass is 298 g/mol. The number of aryl methyl sites for hydroxylation is 1. The minimum Gasteiger partial charge on any atom is -0.465 e. The number of esters is 1. The average Bonchev–Trinajstić information content (AvgIpc) is 2.71. The second kappa shape index (κ2) is 6.85. The summed E-state index contributed by atoms with van der Waals surface area (Å²) in [5.41, 5.74) is 7.14. The van der Waals surface area contributed by atoms with Crippen LogP contribution in [0, 0.1) is 19.8 Å². The molecule has 112 valence electrons. The van der Waals surface area contributed by atoms with Gasteiger partial charge in [0.25, 0.3) is 0 Å². The lowest BCUT2D eigenvalue weighted by atomic mass is 9.99. The molecule has 0 aromatic carbocycles. The van der Waals surface area contributed by atoms with Gasteiger partial charge in [-0.05, 0) is 25.3 Å². The zero-order chi connectivity index (χ0) is 15.4. The first-order valence-electron chi connectivity index (χ1n) is 6.58. The maximum Gasteiger partial charge on any atom is 0.341 e. The van der Waals surface area contributed by atoms with Crippen LogP contribution >= 0.6 is 11.3 Å². The molecule has 0 bridgehead atoms. The predicted octanol–water partition coefficient (Wildman–Crippen LogP) is 2.46. The molecule has 0 saturated heterocycles. The summed E-state index contributed by atoms with van der Waals surface area (Å²) in [6, 6.07) is -0.590. The zero-order valence-electron chi connectivity index (χ0n) is 12.6. The maximum absolute atomic E-state index is 12.1. The first-order chi connectivity index (χ1) is 9.33. The van der Waals surface area contributed by atoms with E-state index in [-0.39, 0.29) is 11.8 Å². The summed E-state index contributed by atoms with van der Waals surface area (Å²) in [6.07, 6.45) is 0.820. The number of anilines is 1. The number of nitrogens with one attached hydrogen (secondary N) is 1. The molecule has 0 saturated carbocycles. The lowest BCUT2D eigenvalue weighted by molar-refractivity contribution is -0.118. The SMILES string of the molecule is CCC(C)C(N)C(=O)Nc1sc(C)c(C)c1C(=O)OC. The zero-order valence-corrected chi connectivity index (χ0v) is 13.4. The molecule has 0 radical (unpaired) electrons. The Hall–Kier alpha value is -1.40. The van der Waals surface area contributed by atoms with Crippen molar-refractivity contribution in [1.82, 2.24) is 0 Å². The highest BCUT2D eigenvalue weighted by atomic mass is 32.1. The number of hydrogen-bond acceptors (Lipinski definition) is 5. The molecule has 2 unspecified atom stereocenters. The first kappa shape index (κ1) is 16.7. The van der Waals surface area contributed by atoms with E-state index in [1.807, 2.05) is 27.7 Å². The summed E-state index contributed by atoms with van der Waals surface area (Å²) in [5, 5.41) is 3.27. The molecule has 0 aliphatic carbocycles. The fraction of sp³-hybridized carbons (Fsp3) is 0.571.